The number of amides is 1. The lowest BCUT2D eigenvalue weighted by Gasteiger charge is -2.49. The number of hydrogen-bond acceptors (Lipinski definition) is 4. The Labute approximate surface area is 173 Å². The van der Waals surface area contributed by atoms with E-state index >= 15 is 0 Å². The van der Waals surface area contributed by atoms with Crippen molar-refractivity contribution in [2.24, 2.45) is 0 Å². The number of ether oxygens (including phenoxy) is 2. The van der Waals surface area contributed by atoms with Gasteiger partial charge in [0.05, 0.1) is 18.8 Å². The Balaban J connectivity index is 1.42. The van der Waals surface area contributed by atoms with Crippen molar-refractivity contribution in [3.8, 4) is 0 Å². The first-order valence-electron chi connectivity index (χ1n) is 10.5. The van der Waals surface area contributed by atoms with Crippen molar-refractivity contribution in [1.82, 2.24) is 4.90 Å². The molecule has 2 aliphatic heterocycles. The number of morpholine rings is 1. The smallest absolute Gasteiger partial charge is 0.258 e. The van der Waals surface area contributed by atoms with Crippen LogP contribution >= 0.6 is 0 Å². The van der Waals surface area contributed by atoms with Crippen molar-refractivity contribution < 1.29 is 14.3 Å². The maximum Gasteiger partial charge on any atom is 0.258 e. The summed E-state index contributed by atoms with van der Waals surface area (Å²) < 4.78 is 11.7. The summed E-state index contributed by atoms with van der Waals surface area (Å²) in [5, 5.41) is 0. The van der Waals surface area contributed by atoms with E-state index in [0.29, 0.717) is 13.2 Å². The quantitative estimate of drug-likeness (QED) is 0.755. The number of carbonyl (C=O) groups is 1. The Bertz CT molecular complexity index is 788. The van der Waals surface area contributed by atoms with E-state index in [-0.39, 0.29) is 11.5 Å². The van der Waals surface area contributed by atoms with Crippen molar-refractivity contribution in [2.45, 2.75) is 31.0 Å². The molecule has 2 aromatic rings. The Morgan fingerprint density at radius 3 is 2.34 bits per heavy atom. The lowest BCUT2D eigenvalue weighted by molar-refractivity contribution is -0.172. The van der Waals surface area contributed by atoms with Crippen molar-refractivity contribution in [3.63, 3.8) is 0 Å². The predicted octanol–water partition coefficient (Wildman–Crippen LogP) is 3.14. The van der Waals surface area contributed by atoms with Crippen LogP contribution < -0.4 is 4.90 Å². The van der Waals surface area contributed by atoms with E-state index in [0.717, 1.165) is 44.6 Å². The largest absolute Gasteiger partial charge is 0.381 e. The molecule has 154 valence electrons. The number of piperidine rings is 1. The third-order valence-corrected chi connectivity index (χ3v) is 6.09. The lowest BCUT2D eigenvalue weighted by atomic mass is 9.88. The molecule has 2 saturated heterocycles. The van der Waals surface area contributed by atoms with Crippen LogP contribution in [0.15, 0.2) is 60.7 Å². The molecule has 2 fully saturated rings. The number of benzene rings is 2. The van der Waals surface area contributed by atoms with Crippen LogP contribution in [-0.2, 0) is 20.7 Å². The van der Waals surface area contributed by atoms with E-state index in [2.05, 4.69) is 35.2 Å². The minimum absolute atomic E-state index is 0.00446. The molecule has 0 saturated carbocycles. The summed E-state index contributed by atoms with van der Waals surface area (Å²) in [6, 6.07) is 20.6. The zero-order valence-electron chi connectivity index (χ0n) is 17.1. The third kappa shape index (κ3) is 4.69. The van der Waals surface area contributed by atoms with Gasteiger partial charge in [0.25, 0.3) is 5.91 Å². The molecular weight excluding hydrogens is 364 g/mol. The Morgan fingerprint density at radius 2 is 1.69 bits per heavy atom. The fraction of sp³-hybridized carbons (Fsp3) is 0.458. The van der Waals surface area contributed by atoms with Crippen LogP contribution in [-0.4, -0.2) is 62.4 Å². The first kappa shape index (κ1) is 20.1. The topological polar surface area (TPSA) is 42.0 Å². The van der Waals surface area contributed by atoms with Gasteiger partial charge in [-0.2, -0.15) is 0 Å². The van der Waals surface area contributed by atoms with E-state index in [1.54, 1.807) is 7.11 Å². The monoisotopic (exact) mass is 394 g/mol. The zero-order valence-corrected chi connectivity index (χ0v) is 17.1. The Morgan fingerprint density at radius 1 is 1.03 bits per heavy atom. The number of rotatable bonds is 6. The van der Waals surface area contributed by atoms with Crippen LogP contribution in [0.2, 0.25) is 0 Å². The SMILES string of the molecule is COC[C@H]1OC2(CCN(CCc3ccccc3)CC2)CN(c2ccccc2)C1=O. The third-order valence-electron chi connectivity index (χ3n) is 6.09. The highest BCUT2D eigenvalue weighted by atomic mass is 16.6. The molecule has 2 aliphatic rings. The fourth-order valence-electron chi connectivity index (χ4n) is 4.40. The van der Waals surface area contributed by atoms with E-state index in [1.165, 1.54) is 5.56 Å². The molecule has 5 nitrogen and oxygen atoms in total. The molecule has 0 N–H and O–H groups in total. The molecule has 29 heavy (non-hydrogen) atoms. The van der Waals surface area contributed by atoms with E-state index < -0.39 is 6.10 Å². The van der Waals surface area contributed by atoms with Crippen LogP contribution in [0.4, 0.5) is 5.69 Å². The summed E-state index contributed by atoms with van der Waals surface area (Å²) in [7, 11) is 1.62. The van der Waals surface area contributed by atoms with Gasteiger partial charge in [-0.3, -0.25) is 4.79 Å². The number of para-hydroxylation sites is 1. The average molecular weight is 395 g/mol. The highest BCUT2D eigenvalue weighted by Gasteiger charge is 2.47. The van der Waals surface area contributed by atoms with Crippen LogP contribution in [0.1, 0.15) is 18.4 Å². The first-order valence-corrected chi connectivity index (χ1v) is 10.5. The van der Waals surface area contributed by atoms with Crippen molar-refractivity contribution >= 4 is 11.6 Å². The standard InChI is InChI=1S/C24H30N2O3/c1-28-18-22-23(27)26(21-10-6-3-7-11-21)19-24(29-22)13-16-25(17-14-24)15-12-20-8-4-2-5-9-20/h2-11,22H,12-19H2,1H3/t22-/m1/s1. The van der Waals surface area contributed by atoms with Gasteiger partial charge in [0.15, 0.2) is 6.10 Å². The van der Waals surface area contributed by atoms with Gasteiger partial charge < -0.3 is 19.3 Å². The molecule has 0 aliphatic carbocycles. The van der Waals surface area contributed by atoms with Crippen LogP contribution in [0.3, 0.4) is 0 Å². The minimum atomic E-state index is -0.537. The van der Waals surface area contributed by atoms with Crippen LogP contribution in [0.5, 0.6) is 0 Å². The molecule has 0 unspecified atom stereocenters. The van der Waals surface area contributed by atoms with Gasteiger partial charge in [-0.1, -0.05) is 48.5 Å². The number of likely N-dealkylation sites (tertiary alicyclic amines) is 1. The van der Waals surface area contributed by atoms with Gasteiger partial charge >= 0.3 is 0 Å². The van der Waals surface area contributed by atoms with Gasteiger partial charge in [0.2, 0.25) is 0 Å². The maximum atomic E-state index is 13.0. The molecule has 0 aromatic heterocycles. The number of nitrogens with zero attached hydrogens (tertiary/aromatic N) is 2. The summed E-state index contributed by atoms with van der Waals surface area (Å²) in [5.41, 5.74) is 2.02. The summed E-state index contributed by atoms with van der Waals surface area (Å²) >= 11 is 0. The minimum Gasteiger partial charge on any atom is -0.381 e. The van der Waals surface area contributed by atoms with E-state index in [1.807, 2.05) is 35.2 Å². The summed E-state index contributed by atoms with van der Waals surface area (Å²) in [4.78, 5) is 17.4. The van der Waals surface area contributed by atoms with Gasteiger partial charge in [-0.25, -0.2) is 0 Å². The number of anilines is 1. The molecule has 0 radical (unpaired) electrons. The number of carbonyl (C=O) groups excluding carboxylic acids is 1. The molecule has 1 amide bonds. The average Bonchev–Trinajstić information content (AvgIpc) is 2.77. The molecule has 2 heterocycles. The fourth-order valence-corrected chi connectivity index (χ4v) is 4.40. The van der Waals surface area contributed by atoms with Crippen LogP contribution in [0.25, 0.3) is 0 Å². The van der Waals surface area contributed by atoms with E-state index in [9.17, 15) is 4.79 Å². The molecule has 0 bridgehead atoms. The van der Waals surface area contributed by atoms with Gasteiger partial charge in [-0.15, -0.1) is 0 Å². The highest BCUT2D eigenvalue weighted by molar-refractivity contribution is 5.97. The van der Waals surface area contributed by atoms with Crippen LogP contribution in [0, 0.1) is 0 Å². The molecule has 5 heteroatoms. The Kier molecular flexibility index (Phi) is 6.28. The summed E-state index contributed by atoms with van der Waals surface area (Å²) in [6.07, 6.45) is 2.39. The van der Waals surface area contributed by atoms with Gasteiger partial charge in [-0.05, 0) is 37.0 Å². The number of methoxy groups -OCH3 is 1. The molecule has 1 atom stereocenters. The second-order valence-corrected chi connectivity index (χ2v) is 8.08. The normalized spacial score (nSPS) is 22.2. The molecular formula is C24H30N2O3. The predicted molar refractivity (Wildman–Crippen MR) is 114 cm³/mol. The second-order valence-electron chi connectivity index (χ2n) is 8.08. The molecule has 2 aromatic carbocycles. The molecule has 4 rings (SSSR count). The number of hydrogen-bond donors (Lipinski definition) is 0. The summed E-state index contributed by atoms with van der Waals surface area (Å²) in [6.45, 7) is 3.94. The van der Waals surface area contributed by atoms with Crippen molar-refractivity contribution in [2.75, 3.05) is 44.8 Å². The summed E-state index contributed by atoms with van der Waals surface area (Å²) in [5.74, 6) is -0.00446. The van der Waals surface area contributed by atoms with E-state index in [4.69, 9.17) is 9.47 Å². The molecule has 1 spiro atoms. The second kappa shape index (κ2) is 9.08. The van der Waals surface area contributed by atoms with Crippen molar-refractivity contribution in [1.29, 1.82) is 0 Å². The highest BCUT2D eigenvalue weighted by Crippen LogP contribution is 2.35. The van der Waals surface area contributed by atoms with Gasteiger partial charge in [0, 0.05) is 32.4 Å². The van der Waals surface area contributed by atoms with Gasteiger partial charge in [0.1, 0.15) is 0 Å². The van der Waals surface area contributed by atoms with Crippen molar-refractivity contribution in [3.05, 3.63) is 66.2 Å². The first-order chi connectivity index (χ1) is 14.2. The Hall–Kier alpha value is -2.21. The maximum absolute atomic E-state index is 13.0. The lowest BCUT2D eigenvalue weighted by Crippen LogP contribution is -2.63. The zero-order chi connectivity index (χ0) is 20.1.